The van der Waals surface area contributed by atoms with E-state index in [2.05, 4.69) is 43.6 Å². The molecular weight excluding hydrogens is 476 g/mol. The van der Waals surface area contributed by atoms with E-state index in [0.717, 1.165) is 61.4 Å². The molecule has 5 aliphatic rings. The standard InChI is InChI=1S/C29H47BrO3/c1-18(2)7-6-8-19(3)23-9-10-24-22-15-26-29(30)16-21(33-20(4)31)11-14-28(29,17-32-26)25(22)12-13-27(23,24)5/h18-19,21-26H,6-17H2,1-5H3/t19-,21+,22-,23+,24-,25-,26-,27-,28-,29+/m1/s1. The number of hydrogen-bond acceptors (Lipinski definition) is 3. The van der Waals surface area contributed by atoms with Gasteiger partial charge in [-0.25, -0.2) is 0 Å². The van der Waals surface area contributed by atoms with Crippen molar-refractivity contribution < 1.29 is 14.3 Å². The lowest BCUT2D eigenvalue weighted by Crippen LogP contribution is -2.63. The molecule has 0 N–H and O–H groups in total. The van der Waals surface area contributed by atoms with Crippen molar-refractivity contribution in [3.05, 3.63) is 0 Å². The summed E-state index contributed by atoms with van der Waals surface area (Å²) in [6.07, 6.45) is 14.5. The summed E-state index contributed by atoms with van der Waals surface area (Å²) >= 11 is 4.29. The van der Waals surface area contributed by atoms with Gasteiger partial charge in [-0.1, -0.05) is 62.9 Å². The number of carbonyl (C=O) groups excluding carboxylic acids is 1. The molecule has 0 aromatic carbocycles. The molecule has 4 heteroatoms. The monoisotopic (exact) mass is 522 g/mol. The molecule has 0 aromatic heterocycles. The fraction of sp³-hybridized carbons (Fsp3) is 0.966. The summed E-state index contributed by atoms with van der Waals surface area (Å²) in [5.41, 5.74) is 0.759. The summed E-state index contributed by atoms with van der Waals surface area (Å²) in [5, 5.41) is 0. The summed E-state index contributed by atoms with van der Waals surface area (Å²) in [6.45, 7) is 12.4. The number of ether oxygens (including phenoxy) is 2. The molecule has 0 amide bonds. The number of alkyl halides is 1. The molecule has 1 saturated heterocycles. The first kappa shape index (κ1) is 24.6. The number of hydrogen-bond donors (Lipinski definition) is 0. The van der Waals surface area contributed by atoms with Gasteiger partial charge in [0.05, 0.1) is 17.0 Å². The first-order valence-electron chi connectivity index (χ1n) is 14.1. The zero-order valence-corrected chi connectivity index (χ0v) is 23.3. The number of rotatable bonds is 6. The summed E-state index contributed by atoms with van der Waals surface area (Å²) in [5.74, 6) is 4.92. The lowest BCUT2D eigenvalue weighted by Gasteiger charge is -2.63. The van der Waals surface area contributed by atoms with Crippen molar-refractivity contribution in [3.8, 4) is 0 Å². The minimum absolute atomic E-state index is 0.00455. The average Bonchev–Trinajstić information content (AvgIpc) is 3.16. The van der Waals surface area contributed by atoms with Crippen LogP contribution in [0, 0.1) is 46.3 Å². The molecule has 4 aliphatic carbocycles. The van der Waals surface area contributed by atoms with Crippen LogP contribution in [-0.2, 0) is 14.3 Å². The molecule has 1 aliphatic heterocycles. The van der Waals surface area contributed by atoms with Gasteiger partial charge in [0.15, 0.2) is 0 Å². The van der Waals surface area contributed by atoms with Crippen molar-refractivity contribution in [1.29, 1.82) is 0 Å². The van der Waals surface area contributed by atoms with Crippen molar-refractivity contribution >= 4 is 21.9 Å². The molecule has 10 atom stereocenters. The van der Waals surface area contributed by atoms with E-state index < -0.39 is 0 Å². The Balaban J connectivity index is 1.34. The molecule has 2 bridgehead atoms. The maximum atomic E-state index is 11.7. The third kappa shape index (κ3) is 3.78. The first-order valence-corrected chi connectivity index (χ1v) is 14.9. The molecule has 0 spiro atoms. The Kier molecular flexibility index (Phi) is 6.55. The van der Waals surface area contributed by atoms with Gasteiger partial charge in [0.1, 0.15) is 6.10 Å². The van der Waals surface area contributed by atoms with Gasteiger partial charge >= 0.3 is 5.97 Å². The number of halogens is 1. The van der Waals surface area contributed by atoms with Crippen LogP contribution in [0.25, 0.3) is 0 Å². The van der Waals surface area contributed by atoms with E-state index in [1.807, 2.05) is 0 Å². The van der Waals surface area contributed by atoms with Crippen LogP contribution in [0.1, 0.15) is 105 Å². The van der Waals surface area contributed by atoms with Crippen molar-refractivity contribution in [2.75, 3.05) is 6.61 Å². The van der Waals surface area contributed by atoms with Gasteiger partial charge < -0.3 is 9.47 Å². The Labute approximate surface area is 210 Å². The summed E-state index contributed by atoms with van der Waals surface area (Å²) in [7, 11) is 0. The number of fused-ring (bicyclic) bond motifs is 3. The highest BCUT2D eigenvalue weighted by atomic mass is 79.9. The Hall–Kier alpha value is -0.0900. The quantitative estimate of drug-likeness (QED) is 0.266. The Bertz CT molecular complexity index is 753. The van der Waals surface area contributed by atoms with E-state index in [4.69, 9.17) is 9.47 Å². The third-order valence-corrected chi connectivity index (χ3v) is 13.1. The summed E-state index contributed by atoms with van der Waals surface area (Å²) in [6, 6.07) is 0. The highest BCUT2D eigenvalue weighted by Crippen LogP contribution is 2.73. The van der Waals surface area contributed by atoms with E-state index in [1.165, 1.54) is 51.4 Å². The Morgan fingerprint density at radius 3 is 2.61 bits per heavy atom. The van der Waals surface area contributed by atoms with Crippen LogP contribution in [0.2, 0.25) is 0 Å². The predicted molar refractivity (Wildman–Crippen MR) is 136 cm³/mol. The molecular formula is C29H47BrO3. The molecule has 5 fully saturated rings. The van der Waals surface area contributed by atoms with E-state index in [-0.39, 0.29) is 27.9 Å². The average molecular weight is 524 g/mol. The van der Waals surface area contributed by atoms with Gasteiger partial charge in [0.2, 0.25) is 0 Å². The molecule has 1 heterocycles. The lowest BCUT2D eigenvalue weighted by atomic mass is 9.44. The number of esters is 1. The van der Waals surface area contributed by atoms with Crippen molar-refractivity contribution in [1.82, 2.24) is 0 Å². The van der Waals surface area contributed by atoms with Crippen LogP contribution in [0.4, 0.5) is 0 Å². The zero-order valence-electron chi connectivity index (χ0n) is 21.7. The fourth-order valence-electron chi connectivity index (χ4n) is 10.1. The van der Waals surface area contributed by atoms with Gasteiger partial charge in [-0.2, -0.15) is 0 Å². The minimum Gasteiger partial charge on any atom is -0.463 e. The second-order valence-corrected chi connectivity index (χ2v) is 14.9. The topological polar surface area (TPSA) is 35.5 Å². The second kappa shape index (κ2) is 8.79. The first-order chi connectivity index (χ1) is 15.6. The van der Waals surface area contributed by atoms with Crippen LogP contribution < -0.4 is 0 Å². The van der Waals surface area contributed by atoms with Crippen molar-refractivity contribution in [3.63, 3.8) is 0 Å². The zero-order chi connectivity index (χ0) is 23.6. The smallest absolute Gasteiger partial charge is 0.302 e. The second-order valence-electron chi connectivity index (χ2n) is 13.4. The van der Waals surface area contributed by atoms with Gasteiger partial charge in [0.25, 0.3) is 0 Å². The van der Waals surface area contributed by atoms with E-state index in [1.54, 1.807) is 6.92 Å². The fourth-order valence-corrected chi connectivity index (χ4v) is 11.3. The molecule has 0 unspecified atom stereocenters. The lowest BCUT2D eigenvalue weighted by molar-refractivity contribution is -0.154. The maximum Gasteiger partial charge on any atom is 0.302 e. The molecule has 4 saturated carbocycles. The Morgan fingerprint density at radius 2 is 1.88 bits per heavy atom. The third-order valence-electron chi connectivity index (χ3n) is 11.5. The van der Waals surface area contributed by atoms with Crippen molar-refractivity contribution in [2.45, 2.75) is 122 Å². The highest BCUT2D eigenvalue weighted by molar-refractivity contribution is 9.10. The van der Waals surface area contributed by atoms with Crippen LogP contribution in [0.5, 0.6) is 0 Å². The van der Waals surface area contributed by atoms with Crippen molar-refractivity contribution in [2.24, 2.45) is 46.3 Å². The Morgan fingerprint density at radius 1 is 1.09 bits per heavy atom. The van der Waals surface area contributed by atoms with Crippen LogP contribution >= 0.6 is 15.9 Å². The van der Waals surface area contributed by atoms with Gasteiger partial charge in [-0.3, -0.25) is 4.79 Å². The molecule has 3 nitrogen and oxygen atoms in total. The van der Waals surface area contributed by atoms with Gasteiger partial charge in [0, 0.05) is 18.8 Å². The maximum absolute atomic E-state index is 11.7. The largest absolute Gasteiger partial charge is 0.463 e. The van der Waals surface area contributed by atoms with E-state index in [0.29, 0.717) is 5.41 Å². The molecule has 33 heavy (non-hydrogen) atoms. The molecule has 0 aromatic rings. The van der Waals surface area contributed by atoms with Crippen LogP contribution in [0.3, 0.4) is 0 Å². The number of carbonyl (C=O) groups is 1. The van der Waals surface area contributed by atoms with Crippen LogP contribution in [0.15, 0.2) is 0 Å². The predicted octanol–water partition coefficient (Wildman–Crippen LogP) is 7.55. The van der Waals surface area contributed by atoms with E-state index in [9.17, 15) is 4.79 Å². The molecule has 5 rings (SSSR count). The molecule has 188 valence electrons. The normalized spacial score (nSPS) is 49.3. The minimum atomic E-state index is -0.137. The molecule has 0 radical (unpaired) electrons. The highest BCUT2D eigenvalue weighted by Gasteiger charge is 2.72. The van der Waals surface area contributed by atoms with Crippen LogP contribution in [-0.4, -0.2) is 29.1 Å². The van der Waals surface area contributed by atoms with Gasteiger partial charge in [-0.05, 0) is 85.9 Å². The van der Waals surface area contributed by atoms with E-state index >= 15 is 0 Å². The summed E-state index contributed by atoms with van der Waals surface area (Å²) < 4.78 is 12.3. The summed E-state index contributed by atoms with van der Waals surface area (Å²) in [4.78, 5) is 11.7. The van der Waals surface area contributed by atoms with Gasteiger partial charge in [-0.15, -0.1) is 0 Å². The SMILES string of the molecule is CC(=O)O[C@H]1CC[C@@]23CO[C@H](C[C@@H]4[C@H]5CC[C@@H]([C@H](C)CCCC(C)C)[C@@]5(C)CC[C@H]42)[C@@]3(Br)C1.